The minimum Gasteiger partial charge on any atom is -0.316 e. The van der Waals surface area contributed by atoms with Gasteiger partial charge in [0.2, 0.25) is 0 Å². The van der Waals surface area contributed by atoms with E-state index in [2.05, 4.69) is 48.6 Å². The molecule has 1 fully saturated rings. The highest BCUT2D eigenvalue weighted by Crippen LogP contribution is 2.20. The number of rotatable bonds is 1. The second kappa shape index (κ2) is 4.43. The van der Waals surface area contributed by atoms with E-state index in [1.54, 1.807) is 5.57 Å². The van der Waals surface area contributed by atoms with Crippen LogP contribution in [0.1, 0.15) is 18.9 Å². The molecule has 0 saturated carbocycles. The summed E-state index contributed by atoms with van der Waals surface area (Å²) in [5.74, 6) is 0.684. The molecule has 1 saturated heterocycles. The van der Waals surface area contributed by atoms with E-state index < -0.39 is 0 Å². The molecular weight excluding hydrogens is 170 g/mol. The number of benzene rings is 1. The van der Waals surface area contributed by atoms with Crippen molar-refractivity contribution in [3.05, 3.63) is 41.5 Å². The average Bonchev–Trinajstić information content (AvgIpc) is 2.23. The van der Waals surface area contributed by atoms with Gasteiger partial charge in [-0.15, -0.1) is 0 Å². The van der Waals surface area contributed by atoms with E-state index in [0.29, 0.717) is 5.92 Å². The van der Waals surface area contributed by atoms with Crippen molar-refractivity contribution in [3.63, 3.8) is 0 Å². The Morgan fingerprint density at radius 1 is 1.29 bits per heavy atom. The van der Waals surface area contributed by atoms with Crippen molar-refractivity contribution in [2.75, 3.05) is 13.1 Å². The third kappa shape index (κ3) is 2.24. The summed E-state index contributed by atoms with van der Waals surface area (Å²) in [4.78, 5) is 0. The molecule has 14 heavy (non-hydrogen) atoms. The smallest absolute Gasteiger partial charge is 0.00144 e. The largest absolute Gasteiger partial charge is 0.316 e. The topological polar surface area (TPSA) is 12.0 Å². The van der Waals surface area contributed by atoms with Gasteiger partial charge in [-0.3, -0.25) is 0 Å². The van der Waals surface area contributed by atoms with Crippen molar-refractivity contribution in [2.24, 2.45) is 5.92 Å². The molecule has 74 valence electrons. The van der Waals surface area contributed by atoms with Crippen LogP contribution in [0.2, 0.25) is 0 Å². The van der Waals surface area contributed by atoms with Gasteiger partial charge in [-0.25, -0.2) is 0 Å². The lowest BCUT2D eigenvalue weighted by Gasteiger charge is -2.22. The zero-order valence-corrected chi connectivity index (χ0v) is 8.66. The third-order valence-corrected chi connectivity index (χ3v) is 2.83. The van der Waals surface area contributed by atoms with E-state index in [0.717, 1.165) is 13.1 Å². The normalized spacial score (nSPS) is 25.2. The summed E-state index contributed by atoms with van der Waals surface area (Å²) < 4.78 is 0. The molecule has 0 amide bonds. The van der Waals surface area contributed by atoms with Crippen LogP contribution in [0.15, 0.2) is 35.9 Å². The van der Waals surface area contributed by atoms with Crippen LogP contribution in [0, 0.1) is 5.92 Å². The molecule has 1 atom stereocenters. The molecule has 0 aliphatic carbocycles. The maximum absolute atomic E-state index is 3.41. The third-order valence-electron chi connectivity index (χ3n) is 2.83. The Labute approximate surface area is 85.8 Å². The monoisotopic (exact) mass is 187 g/mol. The van der Waals surface area contributed by atoms with Gasteiger partial charge in [0.05, 0.1) is 0 Å². The van der Waals surface area contributed by atoms with Crippen molar-refractivity contribution in [1.29, 1.82) is 0 Å². The van der Waals surface area contributed by atoms with Crippen LogP contribution in [0.5, 0.6) is 0 Å². The number of hydrogen-bond acceptors (Lipinski definition) is 1. The highest BCUT2D eigenvalue weighted by atomic mass is 14.9. The molecule has 0 aromatic heterocycles. The van der Waals surface area contributed by atoms with E-state index in [-0.39, 0.29) is 0 Å². The summed E-state index contributed by atoms with van der Waals surface area (Å²) in [5.41, 5.74) is 2.91. The predicted octanol–water partition coefficient (Wildman–Crippen LogP) is 2.70. The first-order valence-electron chi connectivity index (χ1n) is 5.32. The van der Waals surface area contributed by atoms with Gasteiger partial charge in [0.25, 0.3) is 0 Å². The summed E-state index contributed by atoms with van der Waals surface area (Å²) in [6.07, 6.45) is 3.53. The minimum atomic E-state index is 0.684. The van der Waals surface area contributed by atoms with E-state index >= 15 is 0 Å². The first-order valence-corrected chi connectivity index (χ1v) is 5.32. The lowest BCUT2D eigenvalue weighted by atomic mass is 9.93. The Hall–Kier alpha value is -1.08. The van der Waals surface area contributed by atoms with Crippen LogP contribution in [-0.2, 0) is 0 Å². The molecule has 1 aliphatic rings. The summed E-state index contributed by atoms with van der Waals surface area (Å²) in [6.45, 7) is 4.54. The average molecular weight is 187 g/mol. The number of piperidine rings is 1. The molecule has 0 spiro atoms. The quantitative estimate of drug-likeness (QED) is 0.712. The Bertz CT molecular complexity index is 313. The molecule has 1 aromatic rings. The Morgan fingerprint density at radius 2 is 2.07 bits per heavy atom. The SMILES string of the molecule is CC1CNCCC1=Cc1ccccc1. The standard InChI is InChI=1S/C13H17N/c1-11-10-14-8-7-13(11)9-12-5-3-2-4-6-12/h2-6,9,11,14H,7-8,10H2,1H3. The van der Waals surface area contributed by atoms with Gasteiger partial charge in [0.1, 0.15) is 0 Å². The Morgan fingerprint density at radius 3 is 2.79 bits per heavy atom. The Kier molecular flexibility index (Phi) is 3.00. The van der Waals surface area contributed by atoms with Crippen molar-refractivity contribution < 1.29 is 0 Å². The highest BCUT2D eigenvalue weighted by molar-refractivity contribution is 5.53. The van der Waals surface area contributed by atoms with Crippen LogP contribution >= 0.6 is 0 Å². The first-order chi connectivity index (χ1) is 6.86. The molecule has 1 aliphatic heterocycles. The van der Waals surface area contributed by atoms with E-state index in [4.69, 9.17) is 0 Å². The molecular formula is C13H17N. The zero-order valence-electron chi connectivity index (χ0n) is 8.66. The summed E-state index contributed by atoms with van der Waals surface area (Å²) in [6, 6.07) is 10.6. The van der Waals surface area contributed by atoms with Crippen LogP contribution < -0.4 is 5.32 Å². The lowest BCUT2D eigenvalue weighted by molar-refractivity contribution is 0.505. The van der Waals surface area contributed by atoms with Gasteiger partial charge in [-0.1, -0.05) is 48.9 Å². The molecule has 2 rings (SSSR count). The lowest BCUT2D eigenvalue weighted by Crippen LogP contribution is -2.29. The van der Waals surface area contributed by atoms with Gasteiger partial charge in [-0.05, 0) is 24.4 Å². The van der Waals surface area contributed by atoms with Gasteiger partial charge in [0.15, 0.2) is 0 Å². The molecule has 1 aromatic carbocycles. The maximum Gasteiger partial charge on any atom is 0.00144 e. The van der Waals surface area contributed by atoms with Gasteiger partial charge in [-0.2, -0.15) is 0 Å². The zero-order chi connectivity index (χ0) is 9.80. The fraction of sp³-hybridized carbons (Fsp3) is 0.385. The summed E-state index contributed by atoms with van der Waals surface area (Å²) in [5, 5.41) is 3.41. The number of hydrogen-bond donors (Lipinski definition) is 1. The van der Waals surface area contributed by atoms with Crippen LogP contribution in [-0.4, -0.2) is 13.1 Å². The molecule has 0 radical (unpaired) electrons. The van der Waals surface area contributed by atoms with Crippen molar-refractivity contribution in [1.82, 2.24) is 5.32 Å². The predicted molar refractivity (Wildman–Crippen MR) is 61.1 cm³/mol. The fourth-order valence-electron chi connectivity index (χ4n) is 1.91. The van der Waals surface area contributed by atoms with Crippen molar-refractivity contribution >= 4 is 6.08 Å². The summed E-state index contributed by atoms with van der Waals surface area (Å²) in [7, 11) is 0. The van der Waals surface area contributed by atoms with Gasteiger partial charge < -0.3 is 5.32 Å². The molecule has 1 unspecified atom stereocenters. The van der Waals surface area contributed by atoms with Gasteiger partial charge in [0, 0.05) is 6.54 Å². The van der Waals surface area contributed by atoms with Gasteiger partial charge >= 0.3 is 0 Å². The molecule has 1 nitrogen and oxygen atoms in total. The number of nitrogens with one attached hydrogen (secondary N) is 1. The van der Waals surface area contributed by atoms with Crippen LogP contribution in [0.4, 0.5) is 0 Å². The Balaban J connectivity index is 2.17. The van der Waals surface area contributed by atoms with Crippen molar-refractivity contribution in [2.45, 2.75) is 13.3 Å². The summed E-state index contributed by atoms with van der Waals surface area (Å²) >= 11 is 0. The highest BCUT2D eigenvalue weighted by Gasteiger charge is 2.12. The van der Waals surface area contributed by atoms with E-state index in [1.807, 2.05) is 0 Å². The maximum atomic E-state index is 3.41. The molecule has 0 bridgehead atoms. The minimum absolute atomic E-state index is 0.684. The van der Waals surface area contributed by atoms with Crippen molar-refractivity contribution in [3.8, 4) is 0 Å². The van der Waals surface area contributed by atoms with Crippen LogP contribution in [0.3, 0.4) is 0 Å². The van der Waals surface area contributed by atoms with E-state index in [1.165, 1.54) is 12.0 Å². The second-order valence-electron chi connectivity index (χ2n) is 3.99. The molecule has 1 heteroatoms. The second-order valence-corrected chi connectivity index (χ2v) is 3.99. The molecule has 1 heterocycles. The fourth-order valence-corrected chi connectivity index (χ4v) is 1.91. The van der Waals surface area contributed by atoms with E-state index in [9.17, 15) is 0 Å². The molecule has 1 N–H and O–H groups in total. The van der Waals surface area contributed by atoms with Crippen LogP contribution in [0.25, 0.3) is 6.08 Å². The first kappa shape index (κ1) is 9.47.